The second kappa shape index (κ2) is 9.05. The van der Waals surface area contributed by atoms with Crippen molar-refractivity contribution >= 4 is 10.8 Å². The summed E-state index contributed by atoms with van der Waals surface area (Å²) in [5.41, 5.74) is 7.44. The van der Waals surface area contributed by atoms with E-state index in [1.807, 2.05) is 6.20 Å². The molecule has 29 heavy (non-hydrogen) atoms. The van der Waals surface area contributed by atoms with Gasteiger partial charge in [0.2, 0.25) is 0 Å². The smallest absolute Gasteiger partial charge is 0.0780 e. The Hall–Kier alpha value is -2.93. The summed E-state index contributed by atoms with van der Waals surface area (Å²) in [5.74, 6) is 0. The van der Waals surface area contributed by atoms with E-state index >= 15 is 0 Å². The normalized spacial score (nSPS) is 11.1. The first-order valence-electron chi connectivity index (χ1n) is 10.8. The first-order chi connectivity index (χ1) is 14.2. The van der Waals surface area contributed by atoms with Crippen molar-refractivity contribution in [3.05, 3.63) is 90.1 Å². The van der Waals surface area contributed by atoms with E-state index in [4.69, 9.17) is 4.98 Å². The third kappa shape index (κ3) is 4.56. The second-order valence-corrected chi connectivity index (χ2v) is 7.97. The van der Waals surface area contributed by atoms with E-state index in [2.05, 4.69) is 86.6 Å². The highest BCUT2D eigenvalue weighted by Crippen LogP contribution is 2.30. The second-order valence-electron chi connectivity index (χ2n) is 7.97. The van der Waals surface area contributed by atoms with E-state index in [0.717, 1.165) is 5.69 Å². The van der Waals surface area contributed by atoms with Gasteiger partial charge in [0.1, 0.15) is 0 Å². The summed E-state index contributed by atoms with van der Waals surface area (Å²) >= 11 is 0. The number of aryl methyl sites for hydroxylation is 2. The molecule has 0 unspecified atom stereocenters. The van der Waals surface area contributed by atoms with Gasteiger partial charge >= 0.3 is 0 Å². The molecule has 0 aliphatic heterocycles. The van der Waals surface area contributed by atoms with E-state index < -0.39 is 0 Å². The Balaban J connectivity index is 1.60. The molecule has 1 nitrogen and oxygen atoms in total. The maximum Gasteiger partial charge on any atom is 0.0780 e. The molecule has 0 amide bonds. The van der Waals surface area contributed by atoms with Crippen LogP contribution in [-0.4, -0.2) is 4.98 Å². The number of aromatic nitrogens is 1. The first kappa shape index (κ1) is 19.4. The van der Waals surface area contributed by atoms with Crippen molar-refractivity contribution in [2.75, 3.05) is 0 Å². The van der Waals surface area contributed by atoms with Crippen LogP contribution in [0, 0.1) is 6.92 Å². The highest BCUT2D eigenvalue weighted by atomic mass is 14.7. The first-order valence-corrected chi connectivity index (χ1v) is 10.8. The van der Waals surface area contributed by atoms with Crippen molar-refractivity contribution in [2.24, 2.45) is 0 Å². The SMILES string of the molecule is CCCCCCc1ccc(-c2cccc(-c3nccc4cc(C)ccc34)c2)cc1. The molecule has 1 heteroatoms. The van der Waals surface area contributed by atoms with Crippen LogP contribution in [0.5, 0.6) is 0 Å². The summed E-state index contributed by atoms with van der Waals surface area (Å²) in [5, 5.41) is 2.45. The molecule has 4 aromatic rings. The zero-order valence-electron chi connectivity index (χ0n) is 17.5. The summed E-state index contributed by atoms with van der Waals surface area (Å²) in [6, 6.07) is 26.5. The van der Waals surface area contributed by atoms with Crippen molar-refractivity contribution in [1.29, 1.82) is 0 Å². The Morgan fingerprint density at radius 1 is 0.724 bits per heavy atom. The van der Waals surface area contributed by atoms with E-state index in [1.54, 1.807) is 0 Å². The molecule has 0 aliphatic carbocycles. The minimum absolute atomic E-state index is 1.05. The zero-order chi connectivity index (χ0) is 20.1. The van der Waals surface area contributed by atoms with Crippen molar-refractivity contribution < 1.29 is 0 Å². The molecule has 1 heterocycles. The lowest BCUT2D eigenvalue weighted by molar-refractivity contribution is 0.667. The number of fused-ring (bicyclic) bond motifs is 1. The van der Waals surface area contributed by atoms with Gasteiger partial charge in [-0.15, -0.1) is 0 Å². The van der Waals surface area contributed by atoms with E-state index in [1.165, 1.54) is 70.7 Å². The Bertz CT molecular complexity index is 1090. The van der Waals surface area contributed by atoms with Gasteiger partial charge in [-0.05, 0) is 54.0 Å². The summed E-state index contributed by atoms with van der Waals surface area (Å²) in [6.07, 6.45) is 8.34. The molecule has 0 radical (unpaired) electrons. The van der Waals surface area contributed by atoms with Gasteiger partial charge in [0, 0.05) is 17.1 Å². The van der Waals surface area contributed by atoms with Gasteiger partial charge in [-0.1, -0.05) is 92.4 Å². The Kier molecular flexibility index (Phi) is 6.05. The van der Waals surface area contributed by atoms with E-state index in [-0.39, 0.29) is 0 Å². The minimum atomic E-state index is 1.05. The molecule has 1 aromatic heterocycles. The van der Waals surface area contributed by atoms with Gasteiger partial charge in [0.05, 0.1) is 5.69 Å². The molecule has 0 atom stereocenters. The topological polar surface area (TPSA) is 12.9 Å². The molecule has 0 bridgehead atoms. The highest BCUT2D eigenvalue weighted by Gasteiger charge is 2.07. The zero-order valence-corrected chi connectivity index (χ0v) is 17.5. The summed E-state index contributed by atoms with van der Waals surface area (Å²) < 4.78 is 0. The van der Waals surface area contributed by atoms with Crippen LogP contribution < -0.4 is 0 Å². The standard InChI is InChI=1S/C28H29N/c1-3-4-5-6-8-22-12-14-23(15-13-22)24-9-7-10-26(20-24)28-27-16-11-21(2)19-25(27)17-18-29-28/h7,9-20H,3-6,8H2,1-2H3. The lowest BCUT2D eigenvalue weighted by Crippen LogP contribution is -1.89. The molecule has 3 aromatic carbocycles. The van der Waals surface area contributed by atoms with Crippen LogP contribution in [-0.2, 0) is 6.42 Å². The number of hydrogen-bond acceptors (Lipinski definition) is 1. The fourth-order valence-corrected chi connectivity index (χ4v) is 3.99. The van der Waals surface area contributed by atoms with Crippen LogP contribution in [0.1, 0.15) is 43.7 Å². The van der Waals surface area contributed by atoms with Crippen LogP contribution in [0.3, 0.4) is 0 Å². The average Bonchev–Trinajstić information content (AvgIpc) is 2.76. The number of rotatable bonds is 7. The number of pyridine rings is 1. The van der Waals surface area contributed by atoms with Crippen molar-refractivity contribution in [2.45, 2.75) is 46.0 Å². The Morgan fingerprint density at radius 2 is 1.55 bits per heavy atom. The maximum atomic E-state index is 4.70. The van der Waals surface area contributed by atoms with Crippen LogP contribution in [0.4, 0.5) is 0 Å². The minimum Gasteiger partial charge on any atom is -0.256 e. The summed E-state index contributed by atoms with van der Waals surface area (Å²) in [4.78, 5) is 4.70. The molecule has 0 aliphatic rings. The predicted molar refractivity (Wildman–Crippen MR) is 125 cm³/mol. The van der Waals surface area contributed by atoms with E-state index in [9.17, 15) is 0 Å². The van der Waals surface area contributed by atoms with Crippen molar-refractivity contribution in [3.8, 4) is 22.4 Å². The average molecular weight is 380 g/mol. The third-order valence-electron chi connectivity index (χ3n) is 5.66. The molecule has 0 spiro atoms. The molecule has 0 fully saturated rings. The van der Waals surface area contributed by atoms with Gasteiger partial charge in [-0.3, -0.25) is 4.98 Å². The molecule has 0 N–H and O–H groups in total. The number of nitrogens with zero attached hydrogens (tertiary/aromatic N) is 1. The number of hydrogen-bond donors (Lipinski definition) is 0. The fraction of sp³-hybridized carbons (Fsp3) is 0.250. The van der Waals surface area contributed by atoms with Gasteiger partial charge in [-0.25, -0.2) is 0 Å². The quantitative estimate of drug-likeness (QED) is 0.296. The van der Waals surface area contributed by atoms with Gasteiger partial charge in [0.25, 0.3) is 0 Å². The summed E-state index contributed by atoms with van der Waals surface area (Å²) in [7, 11) is 0. The van der Waals surface area contributed by atoms with Crippen molar-refractivity contribution in [1.82, 2.24) is 4.98 Å². The largest absolute Gasteiger partial charge is 0.256 e. The lowest BCUT2D eigenvalue weighted by atomic mass is 9.97. The van der Waals surface area contributed by atoms with Crippen molar-refractivity contribution in [3.63, 3.8) is 0 Å². The van der Waals surface area contributed by atoms with Gasteiger partial charge in [0.15, 0.2) is 0 Å². The molecule has 0 saturated heterocycles. The fourth-order valence-electron chi connectivity index (χ4n) is 3.99. The van der Waals surface area contributed by atoms with Gasteiger partial charge in [-0.2, -0.15) is 0 Å². The number of benzene rings is 3. The van der Waals surface area contributed by atoms with E-state index in [0.29, 0.717) is 0 Å². The van der Waals surface area contributed by atoms with Gasteiger partial charge < -0.3 is 0 Å². The molecular formula is C28H29N. The maximum absolute atomic E-state index is 4.70. The molecule has 4 rings (SSSR count). The number of unbranched alkanes of at least 4 members (excludes halogenated alkanes) is 3. The summed E-state index contributed by atoms with van der Waals surface area (Å²) in [6.45, 7) is 4.39. The van der Waals surface area contributed by atoms with Crippen LogP contribution >= 0.6 is 0 Å². The van der Waals surface area contributed by atoms with Crippen LogP contribution in [0.25, 0.3) is 33.2 Å². The third-order valence-corrected chi connectivity index (χ3v) is 5.66. The molecular weight excluding hydrogens is 350 g/mol. The highest BCUT2D eigenvalue weighted by molar-refractivity contribution is 5.95. The monoisotopic (exact) mass is 379 g/mol. The molecule has 146 valence electrons. The van der Waals surface area contributed by atoms with Crippen LogP contribution in [0.2, 0.25) is 0 Å². The Morgan fingerprint density at radius 3 is 2.38 bits per heavy atom. The molecule has 0 saturated carbocycles. The van der Waals surface area contributed by atoms with Crippen LogP contribution in [0.15, 0.2) is 79.0 Å². The lowest BCUT2D eigenvalue weighted by Gasteiger charge is -2.09. The predicted octanol–water partition coefficient (Wildman–Crippen LogP) is 8.00. The Labute approximate surface area is 174 Å².